The van der Waals surface area contributed by atoms with Gasteiger partial charge >= 0.3 is 0 Å². The minimum absolute atomic E-state index is 0.0411. The molecule has 2 aromatic heterocycles. The number of pyridine rings is 1. The van der Waals surface area contributed by atoms with Crippen LogP contribution >= 0.6 is 0 Å². The van der Waals surface area contributed by atoms with Crippen molar-refractivity contribution in [3.63, 3.8) is 0 Å². The van der Waals surface area contributed by atoms with E-state index in [4.69, 9.17) is 0 Å². The average molecular weight is 264 g/mol. The Morgan fingerprint density at radius 2 is 1.90 bits per heavy atom. The van der Waals surface area contributed by atoms with E-state index in [1.165, 1.54) is 11.1 Å². The van der Waals surface area contributed by atoms with Gasteiger partial charge in [-0.25, -0.2) is 4.52 Å². The zero-order valence-electron chi connectivity index (χ0n) is 11.8. The van der Waals surface area contributed by atoms with Gasteiger partial charge in [-0.1, -0.05) is 18.2 Å². The van der Waals surface area contributed by atoms with Crippen LogP contribution in [0.4, 0.5) is 0 Å². The number of hydrogen-bond donors (Lipinski definition) is 0. The van der Waals surface area contributed by atoms with E-state index in [-0.39, 0.29) is 5.78 Å². The highest BCUT2D eigenvalue weighted by Gasteiger charge is 2.17. The lowest BCUT2D eigenvalue weighted by atomic mass is 10.00. The van der Waals surface area contributed by atoms with Crippen LogP contribution in [0.1, 0.15) is 28.4 Å². The van der Waals surface area contributed by atoms with Crippen molar-refractivity contribution in [2.24, 2.45) is 0 Å². The van der Waals surface area contributed by atoms with Crippen LogP contribution in [-0.2, 0) is 0 Å². The first-order valence-corrected chi connectivity index (χ1v) is 6.64. The predicted molar refractivity (Wildman–Crippen MR) is 80.1 cm³/mol. The average Bonchev–Trinajstić information content (AvgIpc) is 2.81. The second kappa shape index (κ2) is 4.60. The summed E-state index contributed by atoms with van der Waals surface area (Å²) in [5.74, 6) is 0.0411. The lowest BCUT2D eigenvalue weighted by Gasteiger charge is -2.04. The molecule has 0 N–H and O–H groups in total. The summed E-state index contributed by atoms with van der Waals surface area (Å²) in [6.45, 7) is 5.74. The fourth-order valence-electron chi connectivity index (χ4n) is 2.44. The van der Waals surface area contributed by atoms with Gasteiger partial charge in [-0.2, -0.15) is 5.10 Å². The van der Waals surface area contributed by atoms with Gasteiger partial charge in [0.15, 0.2) is 5.78 Å². The van der Waals surface area contributed by atoms with Crippen molar-refractivity contribution in [2.75, 3.05) is 0 Å². The number of ketones is 1. The summed E-state index contributed by atoms with van der Waals surface area (Å²) < 4.78 is 1.77. The molecule has 0 bridgehead atoms. The third-order valence-corrected chi connectivity index (χ3v) is 3.67. The number of aryl methyl sites for hydroxylation is 2. The van der Waals surface area contributed by atoms with Crippen LogP contribution in [0.5, 0.6) is 0 Å². The van der Waals surface area contributed by atoms with Gasteiger partial charge in [0, 0.05) is 11.8 Å². The number of aromatic nitrogens is 2. The van der Waals surface area contributed by atoms with Gasteiger partial charge in [0.2, 0.25) is 0 Å². The van der Waals surface area contributed by atoms with E-state index in [2.05, 4.69) is 31.1 Å². The van der Waals surface area contributed by atoms with Crippen LogP contribution in [0, 0.1) is 13.8 Å². The Morgan fingerprint density at radius 1 is 1.10 bits per heavy atom. The van der Waals surface area contributed by atoms with Gasteiger partial charge < -0.3 is 0 Å². The largest absolute Gasteiger partial charge is 0.294 e. The van der Waals surface area contributed by atoms with E-state index in [1.54, 1.807) is 11.4 Å². The highest BCUT2D eigenvalue weighted by molar-refractivity contribution is 6.06. The minimum atomic E-state index is 0.0411. The number of carbonyl (C=O) groups is 1. The Morgan fingerprint density at radius 3 is 2.60 bits per heavy atom. The number of Topliss-reactive ketones (excluding diaryl/α,β-unsaturated/α-hetero) is 1. The number of fused-ring (bicyclic) bond motifs is 1. The maximum Gasteiger partial charge on any atom is 0.164 e. The molecule has 100 valence electrons. The molecule has 0 amide bonds. The molecule has 1 aromatic carbocycles. The van der Waals surface area contributed by atoms with E-state index in [1.807, 2.05) is 30.5 Å². The number of rotatable bonds is 2. The first-order valence-electron chi connectivity index (χ1n) is 6.64. The Hall–Kier alpha value is -2.42. The molecule has 0 aliphatic rings. The van der Waals surface area contributed by atoms with Crippen LogP contribution in [-0.4, -0.2) is 15.4 Å². The molecule has 2 heterocycles. The van der Waals surface area contributed by atoms with Crippen molar-refractivity contribution in [2.45, 2.75) is 20.8 Å². The Labute approximate surface area is 117 Å². The lowest BCUT2D eigenvalue weighted by Crippen LogP contribution is -1.94. The van der Waals surface area contributed by atoms with Crippen LogP contribution < -0.4 is 0 Å². The topological polar surface area (TPSA) is 34.4 Å². The second-order valence-corrected chi connectivity index (χ2v) is 5.11. The van der Waals surface area contributed by atoms with E-state index >= 15 is 0 Å². The van der Waals surface area contributed by atoms with Gasteiger partial charge in [0.25, 0.3) is 0 Å². The molecule has 0 spiro atoms. The summed E-state index contributed by atoms with van der Waals surface area (Å²) >= 11 is 0. The van der Waals surface area contributed by atoms with Gasteiger partial charge in [-0.3, -0.25) is 4.79 Å². The van der Waals surface area contributed by atoms with Gasteiger partial charge in [0.1, 0.15) is 5.69 Å². The highest BCUT2D eigenvalue weighted by atomic mass is 16.1. The van der Waals surface area contributed by atoms with Gasteiger partial charge in [-0.05, 0) is 50.1 Å². The Bertz CT molecular complexity index is 815. The molecule has 0 fully saturated rings. The monoisotopic (exact) mass is 264 g/mol. The lowest BCUT2D eigenvalue weighted by molar-refractivity contribution is 0.102. The zero-order chi connectivity index (χ0) is 14.3. The van der Waals surface area contributed by atoms with Crippen molar-refractivity contribution < 1.29 is 4.79 Å². The minimum Gasteiger partial charge on any atom is -0.294 e. The van der Waals surface area contributed by atoms with Crippen molar-refractivity contribution >= 4 is 11.3 Å². The summed E-state index contributed by atoms with van der Waals surface area (Å²) in [7, 11) is 0. The number of hydrogen-bond acceptors (Lipinski definition) is 2. The van der Waals surface area contributed by atoms with E-state index in [0.717, 1.165) is 16.8 Å². The van der Waals surface area contributed by atoms with Crippen molar-refractivity contribution in [1.82, 2.24) is 9.61 Å². The normalized spacial score (nSPS) is 10.9. The highest BCUT2D eigenvalue weighted by Crippen LogP contribution is 2.28. The van der Waals surface area contributed by atoms with E-state index in [0.29, 0.717) is 5.56 Å². The van der Waals surface area contributed by atoms with Crippen LogP contribution in [0.15, 0.2) is 42.6 Å². The fraction of sp³-hybridized carbons (Fsp3) is 0.176. The summed E-state index contributed by atoms with van der Waals surface area (Å²) in [5, 5.41) is 4.57. The summed E-state index contributed by atoms with van der Waals surface area (Å²) in [6, 6.07) is 11.9. The van der Waals surface area contributed by atoms with Crippen molar-refractivity contribution in [3.05, 3.63) is 59.3 Å². The van der Waals surface area contributed by atoms with Crippen LogP contribution in [0.3, 0.4) is 0 Å². The molecule has 0 saturated heterocycles. The maximum atomic E-state index is 12.0. The van der Waals surface area contributed by atoms with Crippen molar-refractivity contribution in [1.29, 1.82) is 0 Å². The fourth-order valence-corrected chi connectivity index (χ4v) is 2.44. The third kappa shape index (κ3) is 1.92. The number of benzene rings is 1. The maximum absolute atomic E-state index is 12.0. The second-order valence-electron chi connectivity index (χ2n) is 5.11. The zero-order valence-corrected chi connectivity index (χ0v) is 11.8. The molecule has 0 aliphatic heterocycles. The quantitative estimate of drug-likeness (QED) is 0.659. The molecule has 0 atom stereocenters. The molecule has 0 unspecified atom stereocenters. The van der Waals surface area contributed by atoms with Crippen LogP contribution in [0.2, 0.25) is 0 Å². The first-order chi connectivity index (χ1) is 9.58. The Kier molecular flexibility index (Phi) is 2.90. The van der Waals surface area contributed by atoms with E-state index < -0.39 is 0 Å². The molecule has 3 heteroatoms. The standard InChI is InChI=1S/C17H16N2O/c1-11-7-8-14(10-12(11)2)17-16(13(3)20)15-6-4-5-9-19(15)18-17/h4-10H,1-3H3. The molecule has 0 radical (unpaired) electrons. The molecule has 3 aromatic rings. The molecule has 0 aliphatic carbocycles. The predicted octanol–water partition coefficient (Wildman–Crippen LogP) is 3.82. The third-order valence-electron chi connectivity index (χ3n) is 3.67. The van der Waals surface area contributed by atoms with E-state index in [9.17, 15) is 4.79 Å². The molecule has 0 saturated carbocycles. The smallest absolute Gasteiger partial charge is 0.164 e. The molecule has 3 nitrogen and oxygen atoms in total. The molecule has 20 heavy (non-hydrogen) atoms. The molecule has 3 rings (SSSR count). The van der Waals surface area contributed by atoms with Gasteiger partial charge in [-0.15, -0.1) is 0 Å². The number of nitrogens with zero attached hydrogens (tertiary/aromatic N) is 2. The number of carbonyl (C=O) groups excluding carboxylic acids is 1. The van der Waals surface area contributed by atoms with Crippen LogP contribution in [0.25, 0.3) is 16.8 Å². The Balaban J connectivity index is 2.32. The first kappa shape index (κ1) is 12.6. The summed E-state index contributed by atoms with van der Waals surface area (Å²) in [6.07, 6.45) is 1.87. The van der Waals surface area contributed by atoms with Gasteiger partial charge in [0.05, 0.1) is 11.1 Å². The molecular weight excluding hydrogens is 248 g/mol. The summed E-state index contributed by atoms with van der Waals surface area (Å²) in [4.78, 5) is 12.0. The van der Waals surface area contributed by atoms with Crippen molar-refractivity contribution in [3.8, 4) is 11.3 Å². The summed E-state index contributed by atoms with van der Waals surface area (Å²) in [5.41, 5.74) is 5.73. The molecular formula is C17H16N2O. The SMILES string of the molecule is CC(=O)c1c(-c2ccc(C)c(C)c2)nn2ccccc12.